The van der Waals surface area contributed by atoms with Crippen LogP contribution in [0.2, 0.25) is 0 Å². The Balaban J connectivity index is 1.93. The van der Waals surface area contributed by atoms with Gasteiger partial charge >= 0.3 is 0 Å². The van der Waals surface area contributed by atoms with Crippen LogP contribution in [0.3, 0.4) is 0 Å². The lowest BCUT2D eigenvalue weighted by Crippen LogP contribution is -2.50. The molecular weight excluding hydrogens is 286 g/mol. The van der Waals surface area contributed by atoms with E-state index >= 15 is 0 Å². The van der Waals surface area contributed by atoms with Crippen LogP contribution in [0.15, 0.2) is 16.8 Å². The molecule has 0 aromatic carbocycles. The van der Waals surface area contributed by atoms with Crippen LogP contribution in [0.4, 0.5) is 0 Å². The number of thiophene rings is 1. The van der Waals surface area contributed by atoms with Crippen molar-refractivity contribution in [3.8, 4) is 0 Å². The van der Waals surface area contributed by atoms with Crippen molar-refractivity contribution in [3.63, 3.8) is 0 Å². The zero-order valence-electron chi connectivity index (χ0n) is 12.6. The number of carbonyl (C=O) groups excluding carboxylic acids is 2. The Hall–Kier alpha value is -1.40. The Labute approximate surface area is 129 Å². The molecule has 2 heterocycles. The van der Waals surface area contributed by atoms with Crippen molar-refractivity contribution in [3.05, 3.63) is 22.4 Å². The van der Waals surface area contributed by atoms with Gasteiger partial charge in [0, 0.05) is 19.6 Å². The molecule has 21 heavy (non-hydrogen) atoms. The Morgan fingerprint density at radius 1 is 1.57 bits per heavy atom. The summed E-state index contributed by atoms with van der Waals surface area (Å²) < 4.78 is 0. The van der Waals surface area contributed by atoms with Crippen molar-refractivity contribution in [2.24, 2.45) is 11.7 Å². The second kappa shape index (κ2) is 7.04. The standard InChI is InChI=1S/C15H23N3O2S/c1-11(17(2)8-12-5-7-21-10-12)15(20)18-6-3-4-13(9-18)14(16)19/h5,7,10-11,13H,3-4,6,8-9H2,1-2H3,(H2,16,19)/t11-,13-/m0/s1. The first-order chi connectivity index (χ1) is 9.99. The highest BCUT2D eigenvalue weighted by Crippen LogP contribution is 2.18. The molecule has 0 unspecified atom stereocenters. The fraction of sp³-hybridized carbons (Fsp3) is 0.600. The SMILES string of the molecule is C[C@@H](C(=O)N1CCC[C@H](C(N)=O)C1)N(C)Cc1ccsc1. The third-order valence-corrected chi connectivity index (χ3v) is 4.90. The summed E-state index contributed by atoms with van der Waals surface area (Å²) in [4.78, 5) is 27.7. The summed E-state index contributed by atoms with van der Waals surface area (Å²) in [7, 11) is 1.95. The number of nitrogens with two attached hydrogens (primary N) is 1. The molecule has 1 aromatic rings. The van der Waals surface area contributed by atoms with Crippen LogP contribution >= 0.6 is 11.3 Å². The Bertz CT molecular complexity index is 489. The van der Waals surface area contributed by atoms with Crippen LogP contribution in [0.25, 0.3) is 0 Å². The zero-order valence-corrected chi connectivity index (χ0v) is 13.4. The van der Waals surface area contributed by atoms with E-state index in [1.54, 1.807) is 16.2 Å². The maximum atomic E-state index is 12.6. The fourth-order valence-corrected chi connectivity index (χ4v) is 3.33. The van der Waals surface area contributed by atoms with E-state index in [1.165, 1.54) is 5.56 Å². The monoisotopic (exact) mass is 309 g/mol. The topological polar surface area (TPSA) is 66.6 Å². The highest BCUT2D eigenvalue weighted by Gasteiger charge is 2.30. The summed E-state index contributed by atoms with van der Waals surface area (Å²) in [5.74, 6) is -0.414. The molecule has 0 radical (unpaired) electrons. The van der Waals surface area contributed by atoms with Gasteiger partial charge < -0.3 is 10.6 Å². The fourth-order valence-electron chi connectivity index (χ4n) is 2.67. The largest absolute Gasteiger partial charge is 0.369 e. The van der Waals surface area contributed by atoms with E-state index < -0.39 is 0 Å². The summed E-state index contributed by atoms with van der Waals surface area (Å²) in [6, 6.07) is 1.87. The maximum Gasteiger partial charge on any atom is 0.239 e. The predicted octanol–water partition coefficient (Wildman–Crippen LogP) is 1.29. The van der Waals surface area contributed by atoms with Gasteiger partial charge in [-0.3, -0.25) is 14.5 Å². The smallest absolute Gasteiger partial charge is 0.239 e. The Morgan fingerprint density at radius 2 is 2.33 bits per heavy atom. The van der Waals surface area contributed by atoms with Crippen molar-refractivity contribution in [2.45, 2.75) is 32.4 Å². The number of carbonyl (C=O) groups is 2. The van der Waals surface area contributed by atoms with Crippen LogP contribution in [-0.2, 0) is 16.1 Å². The number of rotatable bonds is 5. The molecule has 0 spiro atoms. The summed E-state index contributed by atoms with van der Waals surface area (Å²) in [6.07, 6.45) is 1.64. The number of nitrogens with zero attached hydrogens (tertiary/aromatic N) is 2. The molecule has 2 atom stereocenters. The lowest BCUT2D eigenvalue weighted by Gasteiger charge is -2.35. The number of likely N-dealkylation sites (N-methyl/N-ethyl adjacent to an activating group) is 1. The van der Waals surface area contributed by atoms with E-state index in [4.69, 9.17) is 5.73 Å². The van der Waals surface area contributed by atoms with Crippen molar-refractivity contribution in [1.82, 2.24) is 9.80 Å². The van der Waals surface area contributed by atoms with Crippen LogP contribution in [-0.4, -0.2) is 47.8 Å². The molecule has 1 aromatic heterocycles. The van der Waals surface area contributed by atoms with Gasteiger partial charge in [0.05, 0.1) is 12.0 Å². The number of hydrogen-bond acceptors (Lipinski definition) is 4. The summed E-state index contributed by atoms with van der Waals surface area (Å²) in [5.41, 5.74) is 6.59. The molecule has 5 nitrogen and oxygen atoms in total. The Kier molecular flexibility index (Phi) is 5.36. The second-order valence-electron chi connectivity index (χ2n) is 5.75. The van der Waals surface area contributed by atoms with Crippen LogP contribution in [0.1, 0.15) is 25.3 Å². The average Bonchev–Trinajstić information content (AvgIpc) is 2.98. The Morgan fingerprint density at radius 3 is 2.95 bits per heavy atom. The minimum Gasteiger partial charge on any atom is -0.369 e. The number of amides is 2. The molecule has 2 amide bonds. The van der Waals surface area contributed by atoms with Gasteiger partial charge in [-0.25, -0.2) is 0 Å². The predicted molar refractivity (Wildman–Crippen MR) is 83.7 cm³/mol. The first-order valence-electron chi connectivity index (χ1n) is 7.28. The lowest BCUT2D eigenvalue weighted by molar-refractivity contribution is -0.139. The van der Waals surface area contributed by atoms with Gasteiger partial charge in [-0.15, -0.1) is 0 Å². The summed E-state index contributed by atoms with van der Waals surface area (Å²) >= 11 is 1.66. The van der Waals surface area contributed by atoms with Gasteiger partial charge in [-0.05, 0) is 49.2 Å². The van der Waals surface area contributed by atoms with E-state index in [0.29, 0.717) is 6.54 Å². The summed E-state index contributed by atoms with van der Waals surface area (Å²) in [6.45, 7) is 3.86. The molecule has 1 aliphatic rings. The van der Waals surface area contributed by atoms with Crippen molar-refractivity contribution >= 4 is 23.2 Å². The first kappa shape index (κ1) is 16.0. The maximum absolute atomic E-state index is 12.6. The number of primary amides is 1. The molecule has 0 bridgehead atoms. The minimum atomic E-state index is -0.299. The zero-order chi connectivity index (χ0) is 15.4. The van der Waals surface area contributed by atoms with Crippen molar-refractivity contribution in [2.75, 3.05) is 20.1 Å². The van der Waals surface area contributed by atoms with Gasteiger partial charge in [0.15, 0.2) is 0 Å². The number of hydrogen-bond donors (Lipinski definition) is 1. The van der Waals surface area contributed by atoms with Gasteiger partial charge in [-0.2, -0.15) is 11.3 Å². The van der Waals surface area contributed by atoms with E-state index in [2.05, 4.69) is 11.4 Å². The van der Waals surface area contributed by atoms with Crippen LogP contribution in [0.5, 0.6) is 0 Å². The van der Waals surface area contributed by atoms with Gasteiger partial charge in [0.25, 0.3) is 0 Å². The van der Waals surface area contributed by atoms with E-state index in [0.717, 1.165) is 25.9 Å². The molecule has 116 valence electrons. The van der Waals surface area contributed by atoms with Crippen LogP contribution in [0, 0.1) is 5.92 Å². The van der Waals surface area contributed by atoms with Gasteiger partial charge in [0.2, 0.25) is 11.8 Å². The number of piperidine rings is 1. The van der Waals surface area contributed by atoms with Gasteiger partial charge in [-0.1, -0.05) is 0 Å². The van der Waals surface area contributed by atoms with E-state index in [-0.39, 0.29) is 23.8 Å². The quantitative estimate of drug-likeness (QED) is 0.891. The van der Waals surface area contributed by atoms with E-state index in [1.807, 2.05) is 24.3 Å². The molecule has 6 heteroatoms. The molecule has 2 N–H and O–H groups in total. The molecule has 0 saturated carbocycles. The normalized spacial score (nSPS) is 20.5. The molecule has 0 aliphatic carbocycles. The molecular formula is C15H23N3O2S. The molecule has 1 fully saturated rings. The van der Waals surface area contributed by atoms with Crippen molar-refractivity contribution < 1.29 is 9.59 Å². The molecule has 1 saturated heterocycles. The molecule has 1 aliphatic heterocycles. The third kappa shape index (κ3) is 4.04. The minimum absolute atomic E-state index is 0.0821. The van der Waals surface area contributed by atoms with E-state index in [9.17, 15) is 9.59 Å². The van der Waals surface area contributed by atoms with Crippen molar-refractivity contribution in [1.29, 1.82) is 0 Å². The second-order valence-corrected chi connectivity index (χ2v) is 6.53. The van der Waals surface area contributed by atoms with Gasteiger partial charge in [0.1, 0.15) is 0 Å². The highest BCUT2D eigenvalue weighted by molar-refractivity contribution is 7.07. The average molecular weight is 309 g/mol. The highest BCUT2D eigenvalue weighted by atomic mass is 32.1. The third-order valence-electron chi connectivity index (χ3n) is 4.17. The van der Waals surface area contributed by atoms with Crippen LogP contribution < -0.4 is 5.73 Å². The first-order valence-corrected chi connectivity index (χ1v) is 8.22. The molecule has 2 rings (SSSR count). The summed E-state index contributed by atoms with van der Waals surface area (Å²) in [5, 5.41) is 4.13. The number of likely N-dealkylation sites (tertiary alicyclic amines) is 1. The lowest BCUT2D eigenvalue weighted by atomic mass is 9.97.